The van der Waals surface area contributed by atoms with Crippen LogP contribution >= 0.6 is 0 Å². The molecule has 19 heavy (non-hydrogen) atoms. The van der Waals surface area contributed by atoms with Crippen LogP contribution in [0.3, 0.4) is 0 Å². The fourth-order valence-corrected chi connectivity index (χ4v) is 1.53. The van der Waals surface area contributed by atoms with Gasteiger partial charge in [-0.25, -0.2) is 4.79 Å². The average Bonchev–Trinajstić information content (AvgIpc) is 2.42. The lowest BCUT2D eigenvalue weighted by Crippen LogP contribution is -2.28. The van der Waals surface area contributed by atoms with Crippen LogP contribution in [0.5, 0.6) is 0 Å². The molecule has 0 aliphatic carbocycles. The topological polar surface area (TPSA) is 98.7 Å². The molecular formula is C13H18N2O4. The third-order valence-electron chi connectivity index (χ3n) is 2.59. The van der Waals surface area contributed by atoms with E-state index in [1.165, 1.54) is 0 Å². The molecule has 0 fully saturated rings. The number of hydrogen-bond acceptors (Lipinski definition) is 4. The van der Waals surface area contributed by atoms with Gasteiger partial charge in [0.25, 0.3) is 5.91 Å². The maximum atomic E-state index is 11.6. The summed E-state index contributed by atoms with van der Waals surface area (Å²) in [5.41, 5.74) is 1.11. The SMILES string of the molecule is CCC(Nc1ccc(C(=O)NCCO)cc1)C(=O)O. The minimum absolute atomic E-state index is 0.109. The number of amides is 1. The third kappa shape index (κ3) is 4.59. The predicted octanol–water partition coefficient (Wildman–Crippen LogP) is 0.684. The lowest BCUT2D eigenvalue weighted by molar-refractivity contribution is -0.137. The molecule has 0 aromatic heterocycles. The average molecular weight is 266 g/mol. The van der Waals surface area contributed by atoms with Crippen molar-refractivity contribution in [2.75, 3.05) is 18.5 Å². The standard InChI is InChI=1S/C13H18N2O4/c1-2-11(13(18)19)15-10-5-3-9(4-6-10)12(17)14-7-8-16/h3-6,11,15-16H,2,7-8H2,1H3,(H,14,17)(H,18,19). The summed E-state index contributed by atoms with van der Waals surface area (Å²) in [6, 6.07) is 5.86. The second-order valence-corrected chi connectivity index (χ2v) is 4.00. The Kier molecular flexibility index (Phi) is 5.81. The molecule has 4 N–H and O–H groups in total. The largest absolute Gasteiger partial charge is 0.480 e. The number of nitrogens with one attached hydrogen (secondary N) is 2. The minimum atomic E-state index is -0.910. The van der Waals surface area contributed by atoms with Gasteiger partial charge in [0, 0.05) is 17.8 Å². The third-order valence-corrected chi connectivity index (χ3v) is 2.59. The van der Waals surface area contributed by atoms with Crippen LogP contribution in [0, 0.1) is 0 Å². The Bertz CT molecular complexity index is 431. The first kappa shape index (κ1) is 15.0. The molecule has 1 aromatic carbocycles. The predicted molar refractivity (Wildman–Crippen MR) is 71.2 cm³/mol. The highest BCUT2D eigenvalue weighted by molar-refractivity contribution is 5.94. The number of rotatable bonds is 7. The molecule has 0 saturated heterocycles. The van der Waals surface area contributed by atoms with Gasteiger partial charge in [-0.05, 0) is 30.7 Å². The fourth-order valence-electron chi connectivity index (χ4n) is 1.53. The molecule has 1 amide bonds. The van der Waals surface area contributed by atoms with Crippen molar-refractivity contribution in [1.29, 1.82) is 0 Å². The fraction of sp³-hybridized carbons (Fsp3) is 0.385. The van der Waals surface area contributed by atoms with E-state index in [1.807, 2.05) is 0 Å². The molecule has 1 atom stereocenters. The van der Waals surface area contributed by atoms with Gasteiger partial charge in [0.05, 0.1) is 6.61 Å². The van der Waals surface area contributed by atoms with Crippen LogP contribution in [0.1, 0.15) is 23.7 Å². The zero-order valence-corrected chi connectivity index (χ0v) is 10.7. The quantitative estimate of drug-likeness (QED) is 0.582. The number of aliphatic hydroxyl groups is 1. The van der Waals surface area contributed by atoms with Crippen molar-refractivity contribution in [1.82, 2.24) is 5.32 Å². The molecule has 1 unspecified atom stereocenters. The smallest absolute Gasteiger partial charge is 0.326 e. The molecular weight excluding hydrogens is 248 g/mol. The van der Waals surface area contributed by atoms with Crippen LogP contribution in [0.4, 0.5) is 5.69 Å². The first-order valence-corrected chi connectivity index (χ1v) is 6.07. The molecule has 0 aliphatic heterocycles. The molecule has 104 valence electrons. The summed E-state index contributed by atoms with van der Waals surface area (Å²) < 4.78 is 0. The molecule has 6 heteroatoms. The van der Waals surface area contributed by atoms with Gasteiger partial charge in [-0.2, -0.15) is 0 Å². The summed E-state index contributed by atoms with van der Waals surface area (Å²) in [5, 5.41) is 22.9. The number of anilines is 1. The van der Waals surface area contributed by atoms with E-state index >= 15 is 0 Å². The van der Waals surface area contributed by atoms with Crippen molar-refractivity contribution in [3.63, 3.8) is 0 Å². The number of benzene rings is 1. The monoisotopic (exact) mass is 266 g/mol. The van der Waals surface area contributed by atoms with Crippen LogP contribution in [0.15, 0.2) is 24.3 Å². The molecule has 1 rings (SSSR count). The molecule has 0 bridgehead atoms. The second kappa shape index (κ2) is 7.38. The highest BCUT2D eigenvalue weighted by Crippen LogP contribution is 2.12. The van der Waals surface area contributed by atoms with Crippen LogP contribution in [-0.4, -0.2) is 41.3 Å². The van der Waals surface area contributed by atoms with Crippen LogP contribution in [0.2, 0.25) is 0 Å². The molecule has 0 radical (unpaired) electrons. The van der Waals surface area contributed by atoms with E-state index in [0.717, 1.165) is 0 Å². The summed E-state index contributed by atoms with van der Waals surface area (Å²) in [4.78, 5) is 22.4. The van der Waals surface area contributed by atoms with E-state index in [2.05, 4.69) is 10.6 Å². The van der Waals surface area contributed by atoms with Crippen molar-refractivity contribution in [3.8, 4) is 0 Å². The van der Waals surface area contributed by atoms with Gasteiger partial charge >= 0.3 is 5.97 Å². The van der Waals surface area contributed by atoms with E-state index < -0.39 is 12.0 Å². The van der Waals surface area contributed by atoms with Gasteiger partial charge in [0.1, 0.15) is 6.04 Å². The van der Waals surface area contributed by atoms with Crippen molar-refractivity contribution < 1.29 is 19.8 Å². The Morgan fingerprint density at radius 2 is 1.89 bits per heavy atom. The summed E-state index contributed by atoms with van der Waals surface area (Å²) >= 11 is 0. The molecule has 1 aromatic rings. The van der Waals surface area contributed by atoms with E-state index in [4.69, 9.17) is 10.2 Å². The number of carbonyl (C=O) groups excluding carboxylic acids is 1. The Hall–Kier alpha value is -2.08. The first-order chi connectivity index (χ1) is 9.08. The van der Waals surface area contributed by atoms with Crippen molar-refractivity contribution >= 4 is 17.6 Å². The van der Waals surface area contributed by atoms with Crippen LogP contribution in [0.25, 0.3) is 0 Å². The van der Waals surface area contributed by atoms with E-state index in [9.17, 15) is 9.59 Å². The lowest BCUT2D eigenvalue weighted by Gasteiger charge is -2.13. The molecule has 0 heterocycles. The number of aliphatic carboxylic acids is 1. The van der Waals surface area contributed by atoms with E-state index in [1.54, 1.807) is 31.2 Å². The number of aliphatic hydroxyl groups excluding tert-OH is 1. The number of carboxylic acids is 1. The minimum Gasteiger partial charge on any atom is -0.480 e. The molecule has 6 nitrogen and oxygen atoms in total. The highest BCUT2D eigenvalue weighted by atomic mass is 16.4. The van der Waals surface area contributed by atoms with E-state index in [0.29, 0.717) is 17.7 Å². The summed E-state index contributed by atoms with van der Waals surface area (Å²) in [6.45, 7) is 1.88. The zero-order chi connectivity index (χ0) is 14.3. The maximum absolute atomic E-state index is 11.6. The Morgan fingerprint density at radius 3 is 2.37 bits per heavy atom. The molecule has 0 aliphatic rings. The number of carbonyl (C=O) groups is 2. The Balaban J connectivity index is 2.65. The van der Waals surface area contributed by atoms with Gasteiger partial charge in [0.2, 0.25) is 0 Å². The van der Waals surface area contributed by atoms with Crippen LogP contribution < -0.4 is 10.6 Å². The van der Waals surface area contributed by atoms with Gasteiger partial charge in [-0.15, -0.1) is 0 Å². The lowest BCUT2D eigenvalue weighted by atomic mass is 10.1. The van der Waals surface area contributed by atoms with Crippen molar-refractivity contribution in [2.24, 2.45) is 0 Å². The normalized spacial score (nSPS) is 11.7. The van der Waals surface area contributed by atoms with Crippen molar-refractivity contribution in [2.45, 2.75) is 19.4 Å². The maximum Gasteiger partial charge on any atom is 0.326 e. The van der Waals surface area contributed by atoms with Gasteiger partial charge < -0.3 is 20.8 Å². The second-order valence-electron chi connectivity index (χ2n) is 4.00. The van der Waals surface area contributed by atoms with Crippen LogP contribution in [-0.2, 0) is 4.79 Å². The van der Waals surface area contributed by atoms with E-state index in [-0.39, 0.29) is 19.1 Å². The van der Waals surface area contributed by atoms with Gasteiger partial charge in [0.15, 0.2) is 0 Å². The molecule has 0 saturated carbocycles. The Labute approximate surface area is 111 Å². The first-order valence-electron chi connectivity index (χ1n) is 6.07. The van der Waals surface area contributed by atoms with Gasteiger partial charge in [-0.3, -0.25) is 4.79 Å². The highest BCUT2D eigenvalue weighted by Gasteiger charge is 2.14. The summed E-state index contributed by atoms with van der Waals surface area (Å²) in [5.74, 6) is -1.18. The molecule has 0 spiro atoms. The van der Waals surface area contributed by atoms with Crippen molar-refractivity contribution in [3.05, 3.63) is 29.8 Å². The zero-order valence-electron chi connectivity index (χ0n) is 10.7. The summed E-state index contributed by atoms with van der Waals surface area (Å²) in [7, 11) is 0. The Morgan fingerprint density at radius 1 is 1.26 bits per heavy atom. The number of hydrogen-bond donors (Lipinski definition) is 4. The van der Waals surface area contributed by atoms with Gasteiger partial charge in [-0.1, -0.05) is 6.92 Å². The summed E-state index contributed by atoms with van der Waals surface area (Å²) in [6.07, 6.45) is 0.466. The number of carboxylic acid groups (broad SMARTS) is 1.